The van der Waals surface area contributed by atoms with Crippen molar-refractivity contribution in [1.82, 2.24) is 20.1 Å². The van der Waals surface area contributed by atoms with E-state index in [4.69, 9.17) is 4.74 Å². The van der Waals surface area contributed by atoms with Crippen molar-refractivity contribution >= 4 is 17.7 Å². The Hall–Kier alpha value is -2.87. The van der Waals surface area contributed by atoms with Gasteiger partial charge >= 0.3 is 0 Å². The molecule has 0 aliphatic heterocycles. The number of hydrogen-bond donors (Lipinski definition) is 1. The number of carbonyl (C=O) groups excluding carboxylic acids is 1. The molecule has 8 heteroatoms. The summed E-state index contributed by atoms with van der Waals surface area (Å²) in [5.41, 5.74) is 0.765. The smallest absolute Gasteiger partial charge is 0.230 e. The monoisotopic (exact) mass is 386 g/mol. The fourth-order valence-electron chi connectivity index (χ4n) is 2.35. The molecule has 0 fully saturated rings. The van der Waals surface area contributed by atoms with Crippen molar-refractivity contribution in [2.45, 2.75) is 5.16 Å². The highest BCUT2D eigenvalue weighted by Crippen LogP contribution is 2.22. The molecule has 0 saturated carbocycles. The minimum Gasteiger partial charge on any atom is -0.492 e. The molecular formula is C19H19FN4O2S. The van der Waals surface area contributed by atoms with E-state index in [0.29, 0.717) is 24.1 Å². The lowest BCUT2D eigenvalue weighted by Crippen LogP contribution is -2.29. The highest BCUT2D eigenvalue weighted by atomic mass is 32.2. The van der Waals surface area contributed by atoms with Crippen LogP contribution in [0.1, 0.15) is 0 Å². The number of aromatic nitrogens is 3. The lowest BCUT2D eigenvalue weighted by atomic mass is 10.2. The van der Waals surface area contributed by atoms with Crippen LogP contribution >= 0.6 is 11.8 Å². The Morgan fingerprint density at radius 3 is 2.63 bits per heavy atom. The van der Waals surface area contributed by atoms with E-state index in [-0.39, 0.29) is 17.5 Å². The van der Waals surface area contributed by atoms with Crippen molar-refractivity contribution in [3.8, 4) is 17.1 Å². The highest BCUT2D eigenvalue weighted by Gasteiger charge is 2.13. The van der Waals surface area contributed by atoms with E-state index in [2.05, 4.69) is 15.5 Å². The first-order valence-corrected chi connectivity index (χ1v) is 9.35. The summed E-state index contributed by atoms with van der Waals surface area (Å²) in [4.78, 5) is 12.0. The number of amides is 1. The van der Waals surface area contributed by atoms with Gasteiger partial charge in [0.15, 0.2) is 11.0 Å². The second kappa shape index (κ2) is 9.18. The quantitative estimate of drug-likeness (QED) is 0.476. The number of thioether (sulfide) groups is 1. The SMILES string of the molecule is Cn1c(SCC(=O)NCCOc2ccccc2)nnc1-c1ccc(F)cc1. The molecule has 0 unspecified atom stereocenters. The van der Waals surface area contributed by atoms with E-state index in [1.165, 1.54) is 23.9 Å². The van der Waals surface area contributed by atoms with Crippen molar-refractivity contribution in [2.24, 2.45) is 7.05 Å². The molecular weight excluding hydrogens is 367 g/mol. The van der Waals surface area contributed by atoms with Crippen LogP contribution in [0.4, 0.5) is 4.39 Å². The molecule has 0 aliphatic carbocycles. The summed E-state index contributed by atoms with van der Waals surface area (Å²) in [5, 5.41) is 11.6. The predicted molar refractivity (Wildman–Crippen MR) is 102 cm³/mol. The van der Waals surface area contributed by atoms with Crippen molar-refractivity contribution in [3.05, 3.63) is 60.4 Å². The van der Waals surface area contributed by atoms with Gasteiger partial charge in [-0.1, -0.05) is 30.0 Å². The molecule has 3 aromatic rings. The maximum absolute atomic E-state index is 13.0. The lowest BCUT2D eigenvalue weighted by molar-refractivity contribution is -0.118. The van der Waals surface area contributed by atoms with Gasteiger partial charge in [0.25, 0.3) is 0 Å². The summed E-state index contributed by atoms with van der Waals surface area (Å²) < 4.78 is 20.3. The van der Waals surface area contributed by atoms with Gasteiger partial charge in [0.2, 0.25) is 5.91 Å². The van der Waals surface area contributed by atoms with E-state index in [9.17, 15) is 9.18 Å². The summed E-state index contributed by atoms with van der Waals surface area (Å²) in [6.45, 7) is 0.826. The van der Waals surface area contributed by atoms with Crippen molar-refractivity contribution in [3.63, 3.8) is 0 Å². The number of nitrogens with zero attached hydrogens (tertiary/aromatic N) is 3. The average Bonchev–Trinajstić information content (AvgIpc) is 3.05. The Morgan fingerprint density at radius 1 is 1.15 bits per heavy atom. The minimum atomic E-state index is -0.302. The zero-order valence-electron chi connectivity index (χ0n) is 14.8. The second-order valence-corrected chi connectivity index (χ2v) is 6.61. The van der Waals surface area contributed by atoms with E-state index in [0.717, 1.165) is 11.3 Å². The second-order valence-electron chi connectivity index (χ2n) is 5.67. The molecule has 0 spiro atoms. The van der Waals surface area contributed by atoms with Gasteiger partial charge in [-0.25, -0.2) is 4.39 Å². The highest BCUT2D eigenvalue weighted by molar-refractivity contribution is 7.99. The topological polar surface area (TPSA) is 69.0 Å². The molecule has 6 nitrogen and oxygen atoms in total. The Labute approximate surface area is 160 Å². The van der Waals surface area contributed by atoms with Gasteiger partial charge in [-0.3, -0.25) is 4.79 Å². The first kappa shape index (κ1) is 18.9. The van der Waals surface area contributed by atoms with E-state index in [1.54, 1.807) is 16.7 Å². The summed E-state index contributed by atoms with van der Waals surface area (Å²) in [6.07, 6.45) is 0. The number of nitrogens with one attached hydrogen (secondary N) is 1. The lowest BCUT2D eigenvalue weighted by Gasteiger charge is -2.07. The fraction of sp³-hybridized carbons (Fsp3) is 0.211. The Balaban J connectivity index is 1.44. The predicted octanol–water partition coefficient (Wildman–Crippen LogP) is 2.91. The summed E-state index contributed by atoms with van der Waals surface area (Å²) in [5.74, 6) is 1.20. The normalized spacial score (nSPS) is 10.6. The van der Waals surface area contributed by atoms with Crippen LogP contribution in [0.2, 0.25) is 0 Å². The molecule has 27 heavy (non-hydrogen) atoms. The molecule has 1 aromatic heterocycles. The van der Waals surface area contributed by atoms with Gasteiger partial charge < -0.3 is 14.6 Å². The summed E-state index contributed by atoms with van der Waals surface area (Å²) in [7, 11) is 1.81. The number of para-hydroxylation sites is 1. The van der Waals surface area contributed by atoms with Crippen LogP contribution in [0.25, 0.3) is 11.4 Å². The fourth-order valence-corrected chi connectivity index (χ4v) is 3.09. The van der Waals surface area contributed by atoms with Crippen LogP contribution in [0.3, 0.4) is 0 Å². The zero-order valence-corrected chi connectivity index (χ0v) is 15.6. The molecule has 2 aromatic carbocycles. The molecule has 0 saturated heterocycles. The van der Waals surface area contributed by atoms with Gasteiger partial charge in [0, 0.05) is 12.6 Å². The van der Waals surface area contributed by atoms with Crippen LogP contribution in [0, 0.1) is 5.82 Å². The number of benzene rings is 2. The Kier molecular flexibility index (Phi) is 6.43. The third kappa shape index (κ3) is 5.30. The van der Waals surface area contributed by atoms with Crippen molar-refractivity contribution in [2.75, 3.05) is 18.9 Å². The Bertz CT molecular complexity index is 884. The number of ether oxygens (including phenoxy) is 1. The van der Waals surface area contributed by atoms with Gasteiger partial charge in [-0.2, -0.15) is 0 Å². The van der Waals surface area contributed by atoms with Crippen molar-refractivity contribution in [1.29, 1.82) is 0 Å². The number of halogens is 1. The molecule has 0 bridgehead atoms. The molecule has 0 atom stereocenters. The molecule has 140 valence electrons. The van der Waals surface area contributed by atoms with Gasteiger partial charge in [0.1, 0.15) is 18.2 Å². The van der Waals surface area contributed by atoms with E-state index in [1.807, 2.05) is 37.4 Å². The number of rotatable bonds is 8. The maximum atomic E-state index is 13.0. The Morgan fingerprint density at radius 2 is 1.89 bits per heavy atom. The first-order valence-electron chi connectivity index (χ1n) is 8.36. The minimum absolute atomic E-state index is 0.108. The van der Waals surface area contributed by atoms with Gasteiger partial charge in [-0.05, 0) is 36.4 Å². The first-order chi connectivity index (χ1) is 13.1. The van der Waals surface area contributed by atoms with Crippen LogP contribution in [0.5, 0.6) is 5.75 Å². The standard InChI is InChI=1S/C19H19FN4O2S/c1-24-18(14-7-9-15(20)10-8-14)22-23-19(24)27-13-17(25)21-11-12-26-16-5-3-2-4-6-16/h2-10H,11-13H2,1H3,(H,21,25). The zero-order chi connectivity index (χ0) is 19.1. The summed E-state index contributed by atoms with van der Waals surface area (Å²) >= 11 is 1.29. The average molecular weight is 386 g/mol. The van der Waals surface area contributed by atoms with Crippen molar-refractivity contribution < 1.29 is 13.9 Å². The largest absolute Gasteiger partial charge is 0.492 e. The van der Waals surface area contributed by atoms with Gasteiger partial charge in [0.05, 0.1) is 12.3 Å². The maximum Gasteiger partial charge on any atom is 0.230 e. The molecule has 1 amide bonds. The summed E-state index contributed by atoms with van der Waals surface area (Å²) in [6, 6.07) is 15.5. The van der Waals surface area contributed by atoms with E-state index < -0.39 is 0 Å². The van der Waals surface area contributed by atoms with Crippen LogP contribution in [0.15, 0.2) is 59.8 Å². The third-order valence-electron chi connectivity index (χ3n) is 3.71. The number of hydrogen-bond acceptors (Lipinski definition) is 5. The molecule has 1 heterocycles. The third-order valence-corrected chi connectivity index (χ3v) is 4.73. The molecule has 1 N–H and O–H groups in total. The van der Waals surface area contributed by atoms with Crippen LogP contribution < -0.4 is 10.1 Å². The van der Waals surface area contributed by atoms with Crippen LogP contribution in [-0.2, 0) is 11.8 Å². The van der Waals surface area contributed by atoms with Gasteiger partial charge in [-0.15, -0.1) is 10.2 Å². The van der Waals surface area contributed by atoms with Crippen LogP contribution in [-0.4, -0.2) is 39.6 Å². The molecule has 0 aliphatic rings. The van der Waals surface area contributed by atoms with E-state index >= 15 is 0 Å². The molecule has 0 radical (unpaired) electrons. The molecule has 3 rings (SSSR count). The number of carbonyl (C=O) groups is 1.